The van der Waals surface area contributed by atoms with Gasteiger partial charge in [0.05, 0.1) is 40.8 Å². The monoisotopic (exact) mass is 437 g/mol. The van der Waals surface area contributed by atoms with Crippen LogP contribution in [0.4, 0.5) is 0 Å². The second-order valence-electron chi connectivity index (χ2n) is 6.73. The molecule has 0 radical (unpaired) electrons. The van der Waals surface area contributed by atoms with Gasteiger partial charge in [-0.25, -0.2) is 22.0 Å². The third-order valence-electron chi connectivity index (χ3n) is 4.95. The molecule has 0 saturated heterocycles. The first kappa shape index (κ1) is 20.6. The number of para-hydroxylation sites is 1. The van der Waals surface area contributed by atoms with E-state index in [1.54, 1.807) is 49.4 Å². The highest BCUT2D eigenvalue weighted by molar-refractivity contribution is 7.90. The van der Waals surface area contributed by atoms with Gasteiger partial charge in [-0.15, -0.1) is 0 Å². The van der Waals surface area contributed by atoms with Gasteiger partial charge in [-0.05, 0) is 37.3 Å². The van der Waals surface area contributed by atoms with Gasteiger partial charge < -0.3 is 9.47 Å². The van der Waals surface area contributed by atoms with Gasteiger partial charge in [0.2, 0.25) is 0 Å². The Hall–Kier alpha value is -3.65. The number of fused-ring (bicyclic) bond motifs is 3. The van der Waals surface area contributed by atoms with Crippen LogP contribution < -0.4 is 0 Å². The van der Waals surface area contributed by atoms with Gasteiger partial charge in [0.25, 0.3) is 10.0 Å². The number of hydrogen-bond acceptors (Lipinski definition) is 6. The zero-order valence-electron chi connectivity index (χ0n) is 16.9. The third kappa shape index (κ3) is 3.34. The number of rotatable bonds is 5. The first-order valence-corrected chi connectivity index (χ1v) is 11.0. The molecule has 0 fully saturated rings. The van der Waals surface area contributed by atoms with Crippen molar-refractivity contribution in [2.24, 2.45) is 0 Å². The van der Waals surface area contributed by atoms with Crippen molar-refractivity contribution in [2.45, 2.75) is 11.8 Å². The summed E-state index contributed by atoms with van der Waals surface area (Å²) >= 11 is 0. The number of hydrogen-bond donors (Lipinski definition) is 0. The highest BCUT2D eigenvalue weighted by atomic mass is 32.2. The fraction of sp³-hybridized carbons (Fsp3) is 0.130. The number of methoxy groups -OCH3 is 1. The summed E-state index contributed by atoms with van der Waals surface area (Å²) in [6.07, 6.45) is 0. The van der Waals surface area contributed by atoms with E-state index in [2.05, 4.69) is 0 Å². The van der Waals surface area contributed by atoms with Crippen LogP contribution in [0.1, 0.15) is 27.6 Å². The largest absolute Gasteiger partial charge is 0.465 e. The predicted octanol–water partition coefficient (Wildman–Crippen LogP) is 3.99. The van der Waals surface area contributed by atoms with E-state index < -0.39 is 22.0 Å². The summed E-state index contributed by atoms with van der Waals surface area (Å²) in [6.45, 7) is 1.79. The van der Waals surface area contributed by atoms with E-state index in [1.165, 1.54) is 35.3 Å². The lowest BCUT2D eigenvalue weighted by atomic mass is 10.0. The Morgan fingerprint density at radius 3 is 2.16 bits per heavy atom. The molecule has 0 saturated carbocycles. The number of esters is 2. The molecule has 8 heteroatoms. The van der Waals surface area contributed by atoms with Gasteiger partial charge in [-0.1, -0.05) is 36.4 Å². The summed E-state index contributed by atoms with van der Waals surface area (Å²) in [5.41, 5.74) is 0.638. The van der Waals surface area contributed by atoms with Gasteiger partial charge in [-0.2, -0.15) is 0 Å². The summed E-state index contributed by atoms with van der Waals surface area (Å²) in [4.78, 5) is 25.1. The number of aromatic nitrogens is 1. The average Bonchev–Trinajstić information content (AvgIpc) is 3.12. The quantitative estimate of drug-likeness (QED) is 0.439. The summed E-state index contributed by atoms with van der Waals surface area (Å²) in [5, 5.41) is 1.13. The lowest BCUT2D eigenvalue weighted by Gasteiger charge is -2.11. The van der Waals surface area contributed by atoms with E-state index in [0.717, 1.165) is 0 Å². The number of benzene rings is 3. The highest BCUT2D eigenvalue weighted by Gasteiger charge is 2.27. The molecule has 0 aliphatic carbocycles. The molecule has 0 aliphatic heterocycles. The molecule has 0 unspecified atom stereocenters. The molecule has 1 aromatic heterocycles. The lowest BCUT2D eigenvalue weighted by Crippen LogP contribution is -2.15. The van der Waals surface area contributed by atoms with Crippen molar-refractivity contribution in [1.82, 2.24) is 3.97 Å². The number of carbonyl (C=O) groups excluding carboxylic acids is 2. The molecule has 4 aromatic rings. The maximum atomic E-state index is 13.6. The van der Waals surface area contributed by atoms with Crippen LogP contribution >= 0.6 is 0 Å². The molecule has 158 valence electrons. The van der Waals surface area contributed by atoms with Crippen LogP contribution in [0.15, 0.2) is 71.6 Å². The molecule has 4 rings (SSSR count). The van der Waals surface area contributed by atoms with Crippen LogP contribution in [-0.2, 0) is 19.5 Å². The van der Waals surface area contributed by atoms with Crippen molar-refractivity contribution in [2.75, 3.05) is 13.7 Å². The lowest BCUT2D eigenvalue weighted by molar-refractivity contribution is 0.0504. The van der Waals surface area contributed by atoms with E-state index in [9.17, 15) is 18.0 Å². The van der Waals surface area contributed by atoms with Crippen LogP contribution in [0.5, 0.6) is 0 Å². The number of nitrogens with zero attached hydrogens (tertiary/aromatic N) is 1. The average molecular weight is 437 g/mol. The molecule has 0 amide bonds. The van der Waals surface area contributed by atoms with Crippen molar-refractivity contribution >= 4 is 43.8 Å². The summed E-state index contributed by atoms with van der Waals surface area (Å²) in [7, 11) is -2.80. The Kier molecular flexibility index (Phi) is 5.24. The van der Waals surface area contributed by atoms with Gasteiger partial charge >= 0.3 is 11.9 Å². The molecule has 0 bridgehead atoms. The van der Waals surface area contributed by atoms with Crippen molar-refractivity contribution in [3.05, 3.63) is 77.9 Å². The minimum atomic E-state index is -3.99. The summed E-state index contributed by atoms with van der Waals surface area (Å²) < 4.78 is 38.2. The zero-order chi connectivity index (χ0) is 22.2. The highest BCUT2D eigenvalue weighted by Crippen LogP contribution is 2.34. The molecule has 0 N–H and O–H groups in total. The maximum absolute atomic E-state index is 13.6. The van der Waals surface area contributed by atoms with E-state index in [4.69, 9.17) is 9.47 Å². The van der Waals surface area contributed by atoms with Crippen molar-refractivity contribution < 1.29 is 27.5 Å². The smallest absolute Gasteiger partial charge is 0.339 e. The third-order valence-corrected chi connectivity index (χ3v) is 6.69. The predicted molar refractivity (Wildman–Crippen MR) is 116 cm³/mol. The Balaban J connectivity index is 2.14. The molecule has 3 aromatic carbocycles. The zero-order valence-corrected chi connectivity index (χ0v) is 17.7. The molecule has 1 heterocycles. The van der Waals surface area contributed by atoms with Gasteiger partial charge in [0, 0.05) is 10.8 Å². The maximum Gasteiger partial charge on any atom is 0.339 e. The Labute approximate surface area is 178 Å². The van der Waals surface area contributed by atoms with Gasteiger partial charge in [0.1, 0.15) is 0 Å². The van der Waals surface area contributed by atoms with Crippen LogP contribution in [0.3, 0.4) is 0 Å². The van der Waals surface area contributed by atoms with Gasteiger partial charge in [0.15, 0.2) is 0 Å². The van der Waals surface area contributed by atoms with E-state index in [-0.39, 0.29) is 28.1 Å². The first-order chi connectivity index (χ1) is 14.9. The van der Waals surface area contributed by atoms with Crippen molar-refractivity contribution in [1.29, 1.82) is 0 Å². The van der Waals surface area contributed by atoms with E-state index in [1.807, 2.05) is 0 Å². The Bertz CT molecular complexity index is 1420. The van der Waals surface area contributed by atoms with Crippen molar-refractivity contribution in [3.8, 4) is 0 Å². The van der Waals surface area contributed by atoms with E-state index in [0.29, 0.717) is 16.3 Å². The fourth-order valence-electron chi connectivity index (χ4n) is 3.59. The normalized spacial score (nSPS) is 11.5. The molecule has 0 atom stereocenters. The van der Waals surface area contributed by atoms with E-state index >= 15 is 0 Å². The standard InChI is InChI=1S/C23H19NO6S/c1-3-30-23(26)18-13-17-16-11-7-8-12-20(16)24(21(17)14-19(18)22(25)29-2)31(27,28)15-9-5-4-6-10-15/h4-14H,3H2,1-2H3. The van der Waals surface area contributed by atoms with Crippen LogP contribution in [0.25, 0.3) is 21.8 Å². The van der Waals surface area contributed by atoms with Crippen LogP contribution in [-0.4, -0.2) is 38.0 Å². The Morgan fingerprint density at radius 2 is 1.48 bits per heavy atom. The number of ether oxygens (including phenoxy) is 2. The molecular weight excluding hydrogens is 418 g/mol. The van der Waals surface area contributed by atoms with Crippen LogP contribution in [0, 0.1) is 0 Å². The minimum absolute atomic E-state index is 0.0150. The topological polar surface area (TPSA) is 91.7 Å². The summed E-state index contributed by atoms with van der Waals surface area (Å²) in [5.74, 6) is -1.45. The molecular formula is C23H19NO6S. The number of carbonyl (C=O) groups is 2. The fourth-order valence-corrected chi connectivity index (χ4v) is 5.13. The van der Waals surface area contributed by atoms with Crippen LogP contribution in [0.2, 0.25) is 0 Å². The van der Waals surface area contributed by atoms with Crippen molar-refractivity contribution in [3.63, 3.8) is 0 Å². The first-order valence-electron chi connectivity index (χ1n) is 9.53. The Morgan fingerprint density at radius 1 is 0.839 bits per heavy atom. The molecule has 7 nitrogen and oxygen atoms in total. The molecule has 0 aliphatic rings. The molecule has 31 heavy (non-hydrogen) atoms. The SMILES string of the molecule is CCOC(=O)c1cc2c3ccccc3n(S(=O)(=O)c3ccccc3)c2cc1C(=O)OC. The van der Waals surface area contributed by atoms with Gasteiger partial charge in [-0.3, -0.25) is 0 Å². The minimum Gasteiger partial charge on any atom is -0.465 e. The summed E-state index contributed by atoms with van der Waals surface area (Å²) in [6, 6.07) is 17.8. The molecule has 0 spiro atoms. The second-order valence-corrected chi connectivity index (χ2v) is 8.51. The second kappa shape index (κ2) is 7.88.